The Bertz CT molecular complexity index is 463. The van der Waals surface area contributed by atoms with E-state index in [1.165, 1.54) is 89.9 Å². The zero-order valence-electron chi connectivity index (χ0n) is 18.9. The van der Waals surface area contributed by atoms with Crippen molar-refractivity contribution in [2.75, 3.05) is 6.61 Å². The van der Waals surface area contributed by atoms with Crippen LogP contribution in [0.15, 0.2) is 0 Å². The van der Waals surface area contributed by atoms with Gasteiger partial charge < -0.3 is 4.74 Å². The van der Waals surface area contributed by atoms with Crippen LogP contribution in [0.5, 0.6) is 0 Å². The molecule has 0 N–H and O–H groups in total. The first kappa shape index (κ1) is 22.2. The van der Waals surface area contributed by atoms with E-state index >= 15 is 0 Å². The lowest BCUT2D eigenvalue weighted by molar-refractivity contribution is -0.175. The van der Waals surface area contributed by atoms with Crippen LogP contribution >= 0.6 is 0 Å². The highest BCUT2D eigenvalue weighted by molar-refractivity contribution is 5.78. The zero-order chi connectivity index (χ0) is 19.9. The molecule has 0 aromatic carbocycles. The molecule has 3 rings (SSSR count). The van der Waals surface area contributed by atoms with Gasteiger partial charge in [-0.25, -0.2) is 0 Å². The lowest BCUT2D eigenvalue weighted by Crippen LogP contribution is -2.51. The first-order chi connectivity index (χ1) is 13.7. The smallest absolute Gasteiger partial charge is 0.312 e. The molecule has 0 amide bonds. The van der Waals surface area contributed by atoms with Gasteiger partial charge in [-0.3, -0.25) is 4.79 Å². The first-order valence-corrected chi connectivity index (χ1v) is 12.8. The predicted molar refractivity (Wildman–Crippen MR) is 117 cm³/mol. The van der Waals surface area contributed by atoms with Crippen molar-refractivity contribution in [1.82, 2.24) is 0 Å². The Hall–Kier alpha value is -0.530. The van der Waals surface area contributed by atoms with Crippen molar-refractivity contribution in [2.24, 2.45) is 22.7 Å². The molecule has 0 unspecified atom stereocenters. The van der Waals surface area contributed by atoms with Crippen molar-refractivity contribution in [1.29, 1.82) is 0 Å². The van der Waals surface area contributed by atoms with Crippen molar-refractivity contribution >= 4 is 5.97 Å². The molecule has 0 radical (unpaired) electrons. The standard InChI is InChI=1S/C26H46O2/c1-3-5-12-21-28-24(27)26(17-10-7-11-18-26)25(4-2)19-15-23(16-20-25)22-13-8-6-9-14-22/h22-23H,3-21H2,1-2H3/t23-,25+. The third kappa shape index (κ3) is 4.62. The Labute approximate surface area is 174 Å². The topological polar surface area (TPSA) is 26.3 Å². The quantitative estimate of drug-likeness (QED) is 0.312. The minimum absolute atomic E-state index is 0.177. The third-order valence-corrected chi connectivity index (χ3v) is 9.07. The van der Waals surface area contributed by atoms with E-state index in [0.717, 1.165) is 37.5 Å². The second-order valence-electron chi connectivity index (χ2n) is 10.4. The molecule has 2 heteroatoms. The van der Waals surface area contributed by atoms with Gasteiger partial charge in [0.05, 0.1) is 12.0 Å². The molecule has 0 aromatic heterocycles. The van der Waals surface area contributed by atoms with Crippen LogP contribution in [0.3, 0.4) is 0 Å². The minimum Gasteiger partial charge on any atom is -0.465 e. The lowest BCUT2D eigenvalue weighted by atomic mass is 9.49. The van der Waals surface area contributed by atoms with Gasteiger partial charge in [0.2, 0.25) is 0 Å². The van der Waals surface area contributed by atoms with E-state index in [1.807, 2.05) is 0 Å². The molecule has 0 aliphatic heterocycles. The molecule has 0 spiro atoms. The van der Waals surface area contributed by atoms with E-state index < -0.39 is 0 Å². The van der Waals surface area contributed by atoms with Crippen LogP contribution in [0, 0.1) is 22.7 Å². The highest BCUT2D eigenvalue weighted by Crippen LogP contribution is 2.60. The SMILES string of the molecule is CCCCCOC(=O)C1([C@]2(CC)CC[C@H](C3CCCCC3)CC2)CCCCC1. The highest BCUT2D eigenvalue weighted by Gasteiger charge is 2.57. The Balaban J connectivity index is 1.69. The maximum absolute atomic E-state index is 13.5. The van der Waals surface area contributed by atoms with Gasteiger partial charge in [0, 0.05) is 0 Å². The third-order valence-electron chi connectivity index (χ3n) is 9.07. The molecule has 0 atom stereocenters. The van der Waals surface area contributed by atoms with E-state index in [2.05, 4.69) is 13.8 Å². The molecule has 3 saturated carbocycles. The van der Waals surface area contributed by atoms with Crippen molar-refractivity contribution in [3.63, 3.8) is 0 Å². The van der Waals surface area contributed by atoms with Gasteiger partial charge in [0.25, 0.3) is 0 Å². The van der Waals surface area contributed by atoms with Gasteiger partial charge in [-0.2, -0.15) is 0 Å². The van der Waals surface area contributed by atoms with E-state index in [1.54, 1.807) is 0 Å². The second-order valence-corrected chi connectivity index (χ2v) is 10.4. The van der Waals surface area contributed by atoms with Crippen LogP contribution in [0.25, 0.3) is 0 Å². The lowest BCUT2D eigenvalue weighted by Gasteiger charge is -2.54. The number of carbonyl (C=O) groups is 1. The summed E-state index contributed by atoms with van der Waals surface area (Å²) in [7, 11) is 0. The zero-order valence-corrected chi connectivity index (χ0v) is 18.9. The van der Waals surface area contributed by atoms with Crippen LogP contribution in [0.1, 0.15) is 129 Å². The number of carbonyl (C=O) groups excluding carboxylic acids is 1. The van der Waals surface area contributed by atoms with Crippen molar-refractivity contribution in [2.45, 2.75) is 129 Å². The van der Waals surface area contributed by atoms with Crippen LogP contribution < -0.4 is 0 Å². The molecule has 3 aliphatic carbocycles. The molecule has 0 bridgehead atoms. The first-order valence-electron chi connectivity index (χ1n) is 12.8. The largest absolute Gasteiger partial charge is 0.465 e. The Kier molecular flexibility index (Phi) is 8.30. The van der Waals surface area contributed by atoms with Crippen LogP contribution in [0.2, 0.25) is 0 Å². The van der Waals surface area contributed by atoms with Gasteiger partial charge >= 0.3 is 5.97 Å². The number of hydrogen-bond donors (Lipinski definition) is 0. The number of ether oxygens (including phenoxy) is 1. The fourth-order valence-electron chi connectivity index (χ4n) is 7.20. The van der Waals surface area contributed by atoms with E-state index in [0.29, 0.717) is 6.61 Å². The molecule has 162 valence electrons. The summed E-state index contributed by atoms with van der Waals surface area (Å²) in [6.45, 7) is 5.21. The maximum atomic E-state index is 13.5. The van der Waals surface area contributed by atoms with Gasteiger partial charge in [-0.15, -0.1) is 0 Å². The van der Waals surface area contributed by atoms with E-state index in [-0.39, 0.29) is 16.8 Å². The number of rotatable bonds is 8. The molecular formula is C26H46O2. The molecule has 3 aliphatic rings. The van der Waals surface area contributed by atoms with Crippen molar-refractivity contribution < 1.29 is 9.53 Å². The monoisotopic (exact) mass is 390 g/mol. The summed E-state index contributed by atoms with van der Waals surface area (Å²) in [6, 6.07) is 0. The predicted octanol–water partition coefficient (Wildman–Crippen LogP) is 7.84. The van der Waals surface area contributed by atoms with Crippen molar-refractivity contribution in [3.8, 4) is 0 Å². The highest BCUT2D eigenvalue weighted by atomic mass is 16.5. The van der Waals surface area contributed by atoms with Gasteiger partial charge in [0.15, 0.2) is 0 Å². The number of unbranched alkanes of at least 4 members (excludes halogenated alkanes) is 2. The number of hydrogen-bond acceptors (Lipinski definition) is 2. The van der Waals surface area contributed by atoms with Crippen LogP contribution in [-0.4, -0.2) is 12.6 Å². The Morgan fingerprint density at radius 3 is 2.00 bits per heavy atom. The van der Waals surface area contributed by atoms with Gasteiger partial charge in [-0.1, -0.05) is 78.1 Å². The van der Waals surface area contributed by atoms with Crippen molar-refractivity contribution in [3.05, 3.63) is 0 Å². The Morgan fingerprint density at radius 1 is 0.786 bits per heavy atom. The average molecular weight is 391 g/mol. The molecular weight excluding hydrogens is 344 g/mol. The fraction of sp³-hybridized carbons (Fsp3) is 0.962. The van der Waals surface area contributed by atoms with E-state index in [9.17, 15) is 4.79 Å². The normalized spacial score (nSPS) is 31.4. The summed E-state index contributed by atoms with van der Waals surface area (Å²) in [4.78, 5) is 13.5. The summed E-state index contributed by atoms with van der Waals surface area (Å²) >= 11 is 0. The van der Waals surface area contributed by atoms with Crippen LogP contribution in [-0.2, 0) is 9.53 Å². The molecule has 2 nitrogen and oxygen atoms in total. The molecule has 0 aromatic rings. The summed E-state index contributed by atoms with van der Waals surface area (Å²) in [5.74, 6) is 2.09. The summed E-state index contributed by atoms with van der Waals surface area (Å²) in [5, 5.41) is 0. The number of esters is 1. The summed E-state index contributed by atoms with van der Waals surface area (Å²) < 4.78 is 5.97. The molecule has 0 saturated heterocycles. The molecule has 3 fully saturated rings. The molecule has 28 heavy (non-hydrogen) atoms. The van der Waals surface area contributed by atoms with E-state index in [4.69, 9.17) is 4.74 Å². The Morgan fingerprint density at radius 2 is 1.39 bits per heavy atom. The van der Waals surface area contributed by atoms with Gasteiger partial charge in [0.1, 0.15) is 0 Å². The molecule has 0 heterocycles. The van der Waals surface area contributed by atoms with Crippen LogP contribution in [0.4, 0.5) is 0 Å². The maximum Gasteiger partial charge on any atom is 0.312 e. The average Bonchev–Trinajstić information content (AvgIpc) is 2.77. The summed E-state index contributed by atoms with van der Waals surface area (Å²) in [5.41, 5.74) is 0.0319. The minimum atomic E-state index is -0.177. The fourth-order valence-corrected chi connectivity index (χ4v) is 7.20. The second kappa shape index (κ2) is 10.5. The van der Waals surface area contributed by atoms with Gasteiger partial charge in [-0.05, 0) is 68.6 Å². The summed E-state index contributed by atoms with van der Waals surface area (Å²) in [6.07, 6.45) is 23.0.